The number of rotatable bonds is 1. The van der Waals surface area contributed by atoms with Crippen molar-refractivity contribution in [2.45, 2.75) is 45.6 Å². The average Bonchev–Trinajstić information content (AvgIpc) is 1.88. The molecule has 0 unspecified atom stereocenters. The van der Waals surface area contributed by atoms with Gasteiger partial charge in [-0.25, -0.2) is 0 Å². The predicted octanol–water partition coefficient (Wildman–Crippen LogP) is 2.19. The van der Waals surface area contributed by atoms with Crippen LogP contribution < -0.4 is 0 Å². The molecule has 1 N–H and O–H groups in total. The maximum absolute atomic E-state index is 9.26. The molecule has 0 bridgehead atoms. The molecule has 10 heavy (non-hydrogen) atoms. The molecule has 1 aliphatic carbocycles. The van der Waals surface area contributed by atoms with E-state index in [1.54, 1.807) is 0 Å². The van der Waals surface area contributed by atoms with Gasteiger partial charge in [-0.2, -0.15) is 0 Å². The topological polar surface area (TPSA) is 20.2 Å². The monoisotopic (exact) mass is 142 g/mol. The van der Waals surface area contributed by atoms with E-state index in [-0.39, 0.29) is 6.10 Å². The summed E-state index contributed by atoms with van der Waals surface area (Å²) in [6, 6.07) is 0. The minimum absolute atomic E-state index is 0.0764. The molecule has 1 fully saturated rings. The van der Waals surface area contributed by atoms with Gasteiger partial charge in [0.1, 0.15) is 0 Å². The van der Waals surface area contributed by atoms with Crippen LogP contribution in [0.3, 0.4) is 0 Å². The number of hydrogen-bond acceptors (Lipinski definition) is 1. The smallest absolute Gasteiger partial charge is 0.0540 e. The molecule has 0 heterocycles. The first-order valence-corrected chi connectivity index (χ1v) is 4.38. The zero-order chi connectivity index (χ0) is 7.56. The molecule has 0 amide bonds. The third-order valence-corrected chi connectivity index (χ3v) is 2.74. The Labute approximate surface area is 63.4 Å². The molecule has 0 aromatic rings. The fourth-order valence-corrected chi connectivity index (χ4v) is 1.77. The molecule has 0 spiro atoms. The van der Waals surface area contributed by atoms with Gasteiger partial charge in [0.15, 0.2) is 0 Å². The van der Waals surface area contributed by atoms with Crippen molar-refractivity contribution >= 4 is 0 Å². The maximum atomic E-state index is 9.26. The van der Waals surface area contributed by atoms with E-state index in [0.717, 1.165) is 5.92 Å². The number of hydrogen-bond donors (Lipinski definition) is 1. The van der Waals surface area contributed by atoms with Crippen molar-refractivity contribution in [1.29, 1.82) is 0 Å². The minimum Gasteiger partial charge on any atom is -0.393 e. The summed E-state index contributed by atoms with van der Waals surface area (Å²) in [7, 11) is 0. The van der Waals surface area contributed by atoms with Crippen LogP contribution in [0.4, 0.5) is 0 Å². The van der Waals surface area contributed by atoms with Gasteiger partial charge in [-0.1, -0.05) is 19.8 Å². The van der Waals surface area contributed by atoms with E-state index >= 15 is 0 Å². The Bertz CT molecular complexity index is 90.9. The van der Waals surface area contributed by atoms with E-state index in [1.807, 2.05) is 6.92 Å². The van der Waals surface area contributed by atoms with Crippen LogP contribution in [0.2, 0.25) is 0 Å². The lowest BCUT2D eigenvalue weighted by Crippen LogP contribution is -2.22. The van der Waals surface area contributed by atoms with Crippen LogP contribution >= 0.6 is 0 Å². The summed E-state index contributed by atoms with van der Waals surface area (Å²) in [6.07, 6.45) is 5.02. The van der Waals surface area contributed by atoms with E-state index in [2.05, 4.69) is 6.92 Å². The van der Waals surface area contributed by atoms with Crippen LogP contribution in [0.15, 0.2) is 0 Å². The van der Waals surface area contributed by atoms with Crippen molar-refractivity contribution in [3.05, 3.63) is 0 Å². The van der Waals surface area contributed by atoms with E-state index in [9.17, 15) is 5.11 Å². The van der Waals surface area contributed by atoms with Crippen molar-refractivity contribution in [2.24, 2.45) is 11.8 Å². The van der Waals surface area contributed by atoms with Gasteiger partial charge in [0, 0.05) is 0 Å². The van der Waals surface area contributed by atoms with Crippen molar-refractivity contribution in [1.82, 2.24) is 0 Å². The van der Waals surface area contributed by atoms with Crippen LogP contribution in [-0.2, 0) is 0 Å². The van der Waals surface area contributed by atoms with Crippen LogP contribution in [0, 0.1) is 11.8 Å². The zero-order valence-electron chi connectivity index (χ0n) is 7.01. The lowest BCUT2D eigenvalue weighted by atomic mass is 9.81. The molecule has 1 saturated carbocycles. The van der Waals surface area contributed by atoms with Crippen LogP contribution in [0.5, 0.6) is 0 Å². The van der Waals surface area contributed by atoms with E-state index in [4.69, 9.17) is 0 Å². The van der Waals surface area contributed by atoms with Crippen LogP contribution in [-0.4, -0.2) is 11.2 Å². The molecule has 0 aromatic carbocycles. The Morgan fingerprint density at radius 2 is 1.70 bits per heavy atom. The van der Waals surface area contributed by atoms with Gasteiger partial charge in [0.25, 0.3) is 0 Å². The normalized spacial score (nSPS) is 37.5. The summed E-state index contributed by atoms with van der Waals surface area (Å²) in [5.41, 5.74) is 0. The fraction of sp³-hybridized carbons (Fsp3) is 1.00. The number of aliphatic hydroxyl groups is 1. The molecule has 1 rings (SSSR count). The van der Waals surface area contributed by atoms with Crippen molar-refractivity contribution < 1.29 is 5.11 Å². The van der Waals surface area contributed by atoms with Gasteiger partial charge >= 0.3 is 0 Å². The van der Waals surface area contributed by atoms with E-state index < -0.39 is 0 Å². The second kappa shape index (κ2) is 3.38. The van der Waals surface area contributed by atoms with Gasteiger partial charge in [-0.05, 0) is 31.6 Å². The number of aliphatic hydroxyl groups excluding tert-OH is 1. The Morgan fingerprint density at radius 3 is 2.10 bits per heavy atom. The van der Waals surface area contributed by atoms with Gasteiger partial charge in [0.2, 0.25) is 0 Å². The predicted molar refractivity (Wildman–Crippen MR) is 42.8 cm³/mol. The van der Waals surface area contributed by atoms with Crippen molar-refractivity contribution in [2.75, 3.05) is 0 Å². The first-order chi connectivity index (χ1) is 4.70. The molecule has 1 atom stereocenters. The standard InChI is InChI=1S/C9H18O/c1-7-3-5-9(6-4-7)8(2)10/h7-10H,3-6H2,1-2H3/t7?,8-,9?/m1/s1. The quantitative estimate of drug-likeness (QED) is 0.595. The molecule has 1 nitrogen and oxygen atoms in total. The Kier molecular flexibility index (Phi) is 2.72. The summed E-state index contributed by atoms with van der Waals surface area (Å²) < 4.78 is 0. The molecule has 1 aliphatic rings. The Balaban J connectivity index is 2.26. The minimum atomic E-state index is -0.0764. The summed E-state index contributed by atoms with van der Waals surface area (Å²) >= 11 is 0. The molecule has 0 aliphatic heterocycles. The second-order valence-corrected chi connectivity index (χ2v) is 3.76. The lowest BCUT2D eigenvalue weighted by molar-refractivity contribution is 0.0909. The highest BCUT2D eigenvalue weighted by atomic mass is 16.3. The first kappa shape index (κ1) is 8.06. The van der Waals surface area contributed by atoms with Gasteiger partial charge in [0.05, 0.1) is 6.10 Å². The molecule has 0 radical (unpaired) electrons. The second-order valence-electron chi connectivity index (χ2n) is 3.76. The fourth-order valence-electron chi connectivity index (χ4n) is 1.77. The SMILES string of the molecule is CC1CCC([C@@H](C)O)CC1. The largest absolute Gasteiger partial charge is 0.393 e. The van der Waals surface area contributed by atoms with Crippen molar-refractivity contribution in [3.8, 4) is 0 Å². The van der Waals surface area contributed by atoms with Crippen LogP contribution in [0.25, 0.3) is 0 Å². The molecule has 60 valence electrons. The average molecular weight is 142 g/mol. The summed E-state index contributed by atoms with van der Waals surface area (Å²) in [6.45, 7) is 4.22. The summed E-state index contributed by atoms with van der Waals surface area (Å²) in [5.74, 6) is 1.49. The van der Waals surface area contributed by atoms with Gasteiger partial charge in [-0.3, -0.25) is 0 Å². The molecular formula is C9H18O. The third kappa shape index (κ3) is 1.98. The molecule has 1 heteroatoms. The molecule has 0 aromatic heterocycles. The van der Waals surface area contributed by atoms with Gasteiger partial charge in [-0.15, -0.1) is 0 Å². The summed E-state index contributed by atoms with van der Waals surface area (Å²) in [4.78, 5) is 0. The summed E-state index contributed by atoms with van der Waals surface area (Å²) in [5, 5.41) is 9.26. The van der Waals surface area contributed by atoms with E-state index in [0.29, 0.717) is 5.92 Å². The first-order valence-electron chi connectivity index (χ1n) is 4.38. The Hall–Kier alpha value is -0.0400. The third-order valence-electron chi connectivity index (χ3n) is 2.74. The highest BCUT2D eigenvalue weighted by molar-refractivity contribution is 4.72. The molecule has 0 saturated heterocycles. The van der Waals surface area contributed by atoms with Crippen LogP contribution in [0.1, 0.15) is 39.5 Å². The maximum Gasteiger partial charge on any atom is 0.0540 e. The Morgan fingerprint density at radius 1 is 1.20 bits per heavy atom. The van der Waals surface area contributed by atoms with E-state index in [1.165, 1.54) is 25.7 Å². The molecular weight excluding hydrogens is 124 g/mol. The lowest BCUT2D eigenvalue weighted by Gasteiger charge is -2.27. The van der Waals surface area contributed by atoms with Gasteiger partial charge < -0.3 is 5.11 Å². The zero-order valence-corrected chi connectivity index (χ0v) is 7.01. The highest BCUT2D eigenvalue weighted by Crippen LogP contribution is 2.29. The highest BCUT2D eigenvalue weighted by Gasteiger charge is 2.21. The van der Waals surface area contributed by atoms with Crippen molar-refractivity contribution in [3.63, 3.8) is 0 Å².